The molecule has 6 heterocycles. The minimum Gasteiger partial charge on any atom is -0.409 e. The molecule has 15 heteroatoms. The van der Waals surface area contributed by atoms with E-state index in [1.165, 1.54) is 0 Å². The van der Waals surface area contributed by atoms with Crippen molar-refractivity contribution < 1.29 is 5.21 Å². The van der Waals surface area contributed by atoms with E-state index in [1.54, 1.807) is 55.0 Å². The lowest BCUT2D eigenvalue weighted by molar-refractivity contribution is 0.318. The minimum atomic E-state index is 0.0625. The van der Waals surface area contributed by atoms with E-state index < -0.39 is 0 Å². The maximum absolute atomic E-state index is 8.94. The Kier molecular flexibility index (Phi) is 19.4. The van der Waals surface area contributed by atoms with Gasteiger partial charge in [0, 0.05) is 115 Å². The summed E-state index contributed by atoms with van der Waals surface area (Å²) in [6.07, 6.45) is 8.89. The lowest BCUT2D eigenvalue weighted by Gasteiger charge is -2.04. The fraction of sp³-hybridized carbons (Fsp3) is 0.0933. The zero-order valence-corrected chi connectivity index (χ0v) is 49.6. The monoisotopic (exact) mass is 1170 g/mol. The van der Waals surface area contributed by atoms with E-state index >= 15 is 0 Å². The third-order valence-corrected chi connectivity index (χ3v) is 14.3. The molecule has 11 aromatic rings. The third kappa shape index (κ3) is 15.4. The van der Waals surface area contributed by atoms with Crippen molar-refractivity contribution in [2.75, 3.05) is 43.4 Å². The summed E-state index contributed by atoms with van der Waals surface area (Å²) in [5, 5.41) is 33.4. The Morgan fingerprint density at radius 3 is 1.51 bits per heavy atom. The average molecular weight is 1170 g/mol. The van der Waals surface area contributed by atoms with Crippen molar-refractivity contribution >= 4 is 67.3 Å². The summed E-state index contributed by atoms with van der Waals surface area (Å²) in [4.78, 5) is 25.6. The lowest BCUT2D eigenvalue weighted by Crippen LogP contribution is -2.19. The number of nitrogens with one attached hydrogen (secondary N) is 2. The van der Waals surface area contributed by atoms with Crippen molar-refractivity contribution in [3.8, 4) is 53.4 Å². The molecule has 2 aliphatic heterocycles. The van der Waals surface area contributed by atoms with Crippen LogP contribution in [0.5, 0.6) is 0 Å². The van der Waals surface area contributed by atoms with E-state index in [1.807, 2.05) is 124 Å². The first kappa shape index (κ1) is 60.4. The highest BCUT2D eigenvalue weighted by atomic mass is 16.4. The van der Waals surface area contributed by atoms with Crippen molar-refractivity contribution in [1.29, 1.82) is 5.26 Å². The number of aromatic nitrogens is 4. The van der Waals surface area contributed by atoms with Gasteiger partial charge in [-0.05, 0) is 111 Å². The summed E-state index contributed by atoms with van der Waals surface area (Å²) in [7, 11) is 0. The molecule has 0 spiro atoms. The normalized spacial score (nSPS) is 11.8. The van der Waals surface area contributed by atoms with Gasteiger partial charge in [0.15, 0.2) is 5.84 Å². The molecule has 90 heavy (non-hydrogen) atoms. The number of rotatable bonds is 3. The van der Waals surface area contributed by atoms with Crippen LogP contribution >= 0.6 is 0 Å². The second-order valence-electron chi connectivity index (χ2n) is 20.7. The highest BCUT2D eigenvalue weighted by Gasteiger charge is 2.11. The number of aryl methyl sites for hydroxylation is 3. The summed E-state index contributed by atoms with van der Waals surface area (Å²) in [6.45, 7) is 9.57. The first-order valence-electron chi connectivity index (χ1n) is 28.7. The van der Waals surface area contributed by atoms with E-state index in [4.69, 9.17) is 33.4 Å². The molecule has 15 nitrogen and oxygen atoms in total. The number of oxime groups is 1. The Morgan fingerprint density at radius 1 is 0.478 bits per heavy atom. The van der Waals surface area contributed by atoms with Crippen LogP contribution in [-0.2, 0) is 0 Å². The summed E-state index contributed by atoms with van der Waals surface area (Å²) in [5.41, 5.74) is 36.8. The van der Waals surface area contributed by atoms with Crippen LogP contribution < -0.4 is 33.6 Å². The Balaban J connectivity index is 0.000000132. The van der Waals surface area contributed by atoms with Crippen LogP contribution in [0.1, 0.15) is 83.5 Å². The van der Waals surface area contributed by atoms with E-state index in [9.17, 15) is 0 Å². The first-order valence-corrected chi connectivity index (χ1v) is 28.7. The van der Waals surface area contributed by atoms with E-state index in [2.05, 4.69) is 136 Å². The zero-order valence-electron chi connectivity index (χ0n) is 49.6. The molecular formula is C75H60N14O. The Bertz CT molecular complexity index is 4870. The fourth-order valence-electron chi connectivity index (χ4n) is 9.50. The fourth-order valence-corrected chi connectivity index (χ4v) is 9.50. The van der Waals surface area contributed by atoms with Crippen molar-refractivity contribution in [1.82, 2.24) is 30.6 Å². The van der Waals surface area contributed by atoms with Crippen molar-refractivity contribution in [3.05, 3.63) is 278 Å². The number of nitriles is 1. The van der Waals surface area contributed by atoms with Crippen molar-refractivity contribution in [2.24, 2.45) is 20.9 Å². The number of benzene rings is 7. The molecule has 0 aliphatic carbocycles. The predicted molar refractivity (Wildman–Crippen MR) is 363 cm³/mol. The lowest BCUT2D eigenvalue weighted by atomic mass is 10.0. The van der Waals surface area contributed by atoms with Crippen molar-refractivity contribution in [2.45, 2.75) is 20.8 Å². The molecule has 0 saturated carbocycles. The van der Waals surface area contributed by atoms with Crippen LogP contribution in [0, 0.1) is 79.5 Å². The summed E-state index contributed by atoms with van der Waals surface area (Å²) < 4.78 is 0. The smallest absolute Gasteiger partial charge is 0.170 e. The average Bonchev–Trinajstić information content (AvgIpc) is 2.23. The third-order valence-electron chi connectivity index (χ3n) is 14.3. The molecule has 4 aromatic heterocycles. The number of nitrogens with two attached hydrogens (primary N) is 4. The number of hydrogen-bond acceptors (Lipinski definition) is 14. The van der Waals surface area contributed by atoms with Gasteiger partial charge in [-0.2, -0.15) is 5.26 Å². The number of nitrogens with zero attached hydrogens (tertiary/aromatic N) is 8. The van der Waals surface area contributed by atoms with Gasteiger partial charge in [-0.3, -0.25) is 15.0 Å². The van der Waals surface area contributed by atoms with E-state index in [0.29, 0.717) is 28.6 Å². The highest BCUT2D eigenvalue weighted by molar-refractivity contribution is 6.01. The SMILES string of the molecule is C(#Cc1cncc2ccccc12)c1ccc(C2=NCCN2)cc1.Cc1ccc2cnc(N)c(C#Cc3ccc(C(N)=NO)cc3)c2c1.Cc1ccc2cnc(N)c(C#Cc3cccc(C#N)c3)c2c1.Cc1ccnc(N)c1C#Cc1ccc(C2=NCCN2)cc1. The van der Waals surface area contributed by atoms with Crippen molar-refractivity contribution in [3.63, 3.8) is 0 Å². The van der Waals surface area contributed by atoms with Gasteiger partial charge in [0.25, 0.3) is 0 Å². The minimum absolute atomic E-state index is 0.0625. The summed E-state index contributed by atoms with van der Waals surface area (Å²) in [5.74, 6) is 28.4. The topological polar surface area (TPSA) is 261 Å². The number of anilines is 3. The standard InChI is InChI=1S/C20H15N3.C19H16N4O.C19H13N3.C17H16N4/c1-2-4-19-17(3-1)13-21-14-18(19)10-7-15-5-8-16(9-6-15)20-22-11-12-23-20;1-12-2-6-15-11-22-19(21)16(17(15)10-12)9-5-13-3-7-14(8-4-13)18(20)23-24;1-13-5-7-16-12-22-19(21)17(18(16)9-13)8-6-14-3-2-4-15(10-14)11-20;1-12-8-9-19-16(18)15(12)7-4-13-2-5-14(6-3-13)17-20-10-11-21-17/h1-6,8-9,13-14H,11-12H2,(H,22,23);2-4,6-8,10-11,24H,1H3,(H2,20,23)(H2,21,22);2-5,7,9-10,12H,1H3,(H2,21,22);2-3,5-6,8-9H,10-11H2,1H3,(H2,18,19)(H,20,21). The molecule has 0 unspecified atom stereocenters. The predicted octanol–water partition coefficient (Wildman–Crippen LogP) is 10.7. The molecule has 0 atom stereocenters. The van der Waals surface area contributed by atoms with Crippen LogP contribution in [0.2, 0.25) is 0 Å². The molecule has 0 fully saturated rings. The van der Waals surface area contributed by atoms with Gasteiger partial charge in [0.2, 0.25) is 0 Å². The number of nitrogen functional groups attached to an aromatic ring is 3. The number of amidine groups is 3. The Labute approximate surface area is 522 Å². The number of fused-ring (bicyclic) bond motifs is 3. The van der Waals surface area contributed by atoms with E-state index in [0.717, 1.165) is 142 Å². The quantitative estimate of drug-likeness (QED) is 0.0286. The first-order chi connectivity index (χ1) is 43.9. The van der Waals surface area contributed by atoms with Crippen LogP contribution in [-0.4, -0.2) is 68.8 Å². The van der Waals surface area contributed by atoms with Crippen LogP contribution in [0.25, 0.3) is 32.3 Å². The maximum Gasteiger partial charge on any atom is 0.170 e. The van der Waals surface area contributed by atoms with Gasteiger partial charge in [-0.15, -0.1) is 0 Å². The molecular weight excluding hydrogens is 1110 g/mol. The van der Waals surface area contributed by atoms with Gasteiger partial charge >= 0.3 is 0 Å². The van der Waals surface area contributed by atoms with Gasteiger partial charge in [0.1, 0.15) is 29.1 Å². The molecule has 7 aromatic carbocycles. The maximum atomic E-state index is 8.94. The molecule has 11 N–H and O–H groups in total. The second kappa shape index (κ2) is 28.9. The number of aliphatic imine (C=N–C) groups is 2. The zero-order chi connectivity index (χ0) is 62.8. The highest BCUT2D eigenvalue weighted by Crippen LogP contribution is 2.25. The summed E-state index contributed by atoms with van der Waals surface area (Å²) in [6, 6.07) is 54.9. The van der Waals surface area contributed by atoms with Crippen LogP contribution in [0.4, 0.5) is 17.5 Å². The molecule has 0 saturated heterocycles. The van der Waals surface area contributed by atoms with Gasteiger partial charge < -0.3 is 38.8 Å². The molecule has 0 amide bonds. The second-order valence-corrected chi connectivity index (χ2v) is 20.7. The molecule has 2 aliphatic rings. The molecule has 0 bridgehead atoms. The Morgan fingerprint density at radius 2 is 0.978 bits per heavy atom. The van der Waals surface area contributed by atoms with Crippen LogP contribution in [0.3, 0.4) is 0 Å². The molecule has 0 radical (unpaired) electrons. The molecule has 436 valence electrons. The molecule has 13 rings (SSSR count). The largest absolute Gasteiger partial charge is 0.409 e. The Hall–Kier alpha value is -12.7. The number of pyridine rings is 4. The summed E-state index contributed by atoms with van der Waals surface area (Å²) >= 11 is 0. The van der Waals surface area contributed by atoms with E-state index in [-0.39, 0.29) is 5.84 Å². The van der Waals surface area contributed by atoms with Crippen LogP contribution in [0.15, 0.2) is 210 Å². The van der Waals surface area contributed by atoms with Gasteiger partial charge in [-0.1, -0.05) is 143 Å². The van der Waals surface area contributed by atoms with Gasteiger partial charge in [-0.25, -0.2) is 15.0 Å². The number of hydrogen-bond donors (Lipinski definition) is 7. The van der Waals surface area contributed by atoms with Gasteiger partial charge in [0.05, 0.1) is 47.0 Å².